The first-order valence-corrected chi connectivity index (χ1v) is 11.8. The molecule has 0 bridgehead atoms. The largest absolute Gasteiger partial charge is 0.383 e. The van der Waals surface area contributed by atoms with E-state index in [1.807, 2.05) is 4.90 Å². The molecule has 1 saturated heterocycles. The fourth-order valence-electron chi connectivity index (χ4n) is 3.69. The Balaban J connectivity index is 1.67. The zero-order valence-corrected chi connectivity index (χ0v) is 19.7. The minimum atomic E-state index is -3.58. The summed E-state index contributed by atoms with van der Waals surface area (Å²) in [5, 5.41) is 5.26. The zero-order chi connectivity index (χ0) is 24.0. The van der Waals surface area contributed by atoms with E-state index in [-0.39, 0.29) is 12.6 Å². The van der Waals surface area contributed by atoms with Crippen LogP contribution in [0, 0.1) is 5.82 Å². The number of ether oxygens (including phenoxy) is 1. The fraction of sp³-hybridized carbons (Fsp3) is 0.429. The van der Waals surface area contributed by atoms with Crippen molar-refractivity contribution in [3.63, 3.8) is 0 Å². The maximum atomic E-state index is 14.3. The molecule has 0 radical (unpaired) electrons. The SMILES string of the molecule is COC[C@@H]1CN(Cc2cc(F)cc(NC(=O)Nc3cccnc3)c2)CCN1S(=O)(=O)N(C)C. The van der Waals surface area contributed by atoms with Crippen LogP contribution in [0.4, 0.5) is 20.6 Å². The minimum Gasteiger partial charge on any atom is -0.383 e. The Kier molecular flexibility index (Phi) is 8.32. The first-order valence-electron chi connectivity index (χ1n) is 10.4. The third-order valence-corrected chi connectivity index (χ3v) is 7.17. The molecule has 1 aliphatic heterocycles. The molecule has 2 heterocycles. The van der Waals surface area contributed by atoms with Crippen LogP contribution in [-0.2, 0) is 21.5 Å². The lowest BCUT2D eigenvalue weighted by Gasteiger charge is -2.41. The van der Waals surface area contributed by atoms with Gasteiger partial charge in [0.1, 0.15) is 5.82 Å². The van der Waals surface area contributed by atoms with E-state index in [1.54, 1.807) is 24.4 Å². The Bertz CT molecular complexity index is 1050. The summed E-state index contributed by atoms with van der Waals surface area (Å²) in [7, 11) is 0.944. The summed E-state index contributed by atoms with van der Waals surface area (Å²) in [5.74, 6) is -0.480. The van der Waals surface area contributed by atoms with Gasteiger partial charge in [-0.1, -0.05) is 0 Å². The van der Waals surface area contributed by atoms with Crippen LogP contribution in [0.2, 0.25) is 0 Å². The van der Waals surface area contributed by atoms with E-state index >= 15 is 0 Å². The molecule has 2 amide bonds. The number of amides is 2. The number of benzene rings is 1. The Morgan fingerprint density at radius 1 is 1.24 bits per heavy atom. The molecule has 10 nitrogen and oxygen atoms in total. The normalized spacial score (nSPS) is 17.8. The number of halogens is 1. The second kappa shape index (κ2) is 11.0. The van der Waals surface area contributed by atoms with Gasteiger partial charge in [-0.25, -0.2) is 9.18 Å². The summed E-state index contributed by atoms with van der Waals surface area (Å²) >= 11 is 0. The number of nitrogens with one attached hydrogen (secondary N) is 2. The Hall–Kier alpha value is -2.64. The van der Waals surface area contributed by atoms with Gasteiger partial charge in [-0.05, 0) is 35.9 Å². The molecular weight excluding hydrogens is 451 g/mol. The highest BCUT2D eigenvalue weighted by Crippen LogP contribution is 2.21. The molecule has 1 aliphatic rings. The predicted octanol–water partition coefficient (Wildman–Crippen LogP) is 1.80. The zero-order valence-electron chi connectivity index (χ0n) is 18.9. The van der Waals surface area contributed by atoms with Crippen LogP contribution in [0.25, 0.3) is 0 Å². The predicted molar refractivity (Wildman–Crippen MR) is 124 cm³/mol. The smallest absolute Gasteiger partial charge is 0.323 e. The first-order chi connectivity index (χ1) is 15.7. The van der Waals surface area contributed by atoms with Crippen LogP contribution in [-0.4, -0.2) is 86.4 Å². The van der Waals surface area contributed by atoms with Gasteiger partial charge < -0.3 is 15.4 Å². The second-order valence-electron chi connectivity index (χ2n) is 7.91. The van der Waals surface area contributed by atoms with Gasteiger partial charge >= 0.3 is 6.03 Å². The summed E-state index contributed by atoms with van der Waals surface area (Å²) in [5.41, 5.74) is 1.49. The van der Waals surface area contributed by atoms with Gasteiger partial charge in [-0.3, -0.25) is 9.88 Å². The second-order valence-corrected chi connectivity index (χ2v) is 10.0. The number of urea groups is 1. The summed E-state index contributed by atoms with van der Waals surface area (Å²) in [4.78, 5) is 18.2. The van der Waals surface area contributed by atoms with Gasteiger partial charge in [0.15, 0.2) is 0 Å². The third kappa shape index (κ3) is 6.68. The number of carbonyl (C=O) groups is 1. The molecular formula is C21H29FN6O4S. The highest BCUT2D eigenvalue weighted by molar-refractivity contribution is 7.86. The van der Waals surface area contributed by atoms with Crippen LogP contribution in [0.3, 0.4) is 0 Å². The number of anilines is 2. The fourth-order valence-corrected chi connectivity index (χ4v) is 4.93. The molecule has 1 fully saturated rings. The molecule has 12 heteroatoms. The maximum Gasteiger partial charge on any atom is 0.323 e. The highest BCUT2D eigenvalue weighted by Gasteiger charge is 2.36. The summed E-state index contributed by atoms with van der Waals surface area (Å²) < 4.78 is 47.4. The van der Waals surface area contributed by atoms with Crippen molar-refractivity contribution in [1.29, 1.82) is 0 Å². The van der Waals surface area contributed by atoms with E-state index in [9.17, 15) is 17.6 Å². The molecule has 0 unspecified atom stereocenters. The van der Waals surface area contributed by atoms with Crippen LogP contribution < -0.4 is 10.6 Å². The lowest BCUT2D eigenvalue weighted by atomic mass is 10.1. The molecule has 0 aliphatic carbocycles. The summed E-state index contributed by atoms with van der Waals surface area (Å²) in [6.45, 7) is 1.85. The average Bonchev–Trinajstić information content (AvgIpc) is 2.74. The number of nitrogens with zero attached hydrogens (tertiary/aromatic N) is 4. The van der Waals surface area contributed by atoms with Gasteiger partial charge in [0, 0.05) is 59.3 Å². The number of rotatable bonds is 8. The van der Waals surface area contributed by atoms with Crippen molar-refractivity contribution < 1.29 is 22.3 Å². The number of aromatic nitrogens is 1. The summed E-state index contributed by atoms with van der Waals surface area (Å²) in [6.07, 6.45) is 3.10. The number of hydrogen-bond acceptors (Lipinski definition) is 6. The molecule has 33 heavy (non-hydrogen) atoms. The number of piperazine rings is 1. The van der Waals surface area contributed by atoms with Crippen molar-refractivity contribution in [2.24, 2.45) is 0 Å². The Morgan fingerprint density at radius 2 is 2.00 bits per heavy atom. The molecule has 0 saturated carbocycles. The Morgan fingerprint density at radius 3 is 2.67 bits per heavy atom. The molecule has 2 N–H and O–H groups in total. The van der Waals surface area contributed by atoms with Crippen molar-refractivity contribution >= 4 is 27.6 Å². The standard InChI is InChI=1S/C21H29FN6O4S/c1-26(2)33(30,31)28-8-7-27(14-20(28)15-32-3)13-16-9-17(22)11-19(10-16)25-21(29)24-18-5-4-6-23-12-18/h4-6,9-12,20H,7-8,13-15H2,1-3H3,(H2,24,25,29)/t20-/m0/s1. The topological polar surface area (TPSA) is 107 Å². The van der Waals surface area contributed by atoms with Crippen molar-refractivity contribution in [2.45, 2.75) is 12.6 Å². The number of carbonyl (C=O) groups excluding carboxylic acids is 1. The Labute approximate surface area is 193 Å². The van der Waals surface area contributed by atoms with E-state index in [0.29, 0.717) is 43.1 Å². The van der Waals surface area contributed by atoms with Gasteiger partial charge in [0.05, 0.1) is 24.5 Å². The molecule has 1 aromatic heterocycles. The first kappa shape index (κ1) is 25.0. The quantitative estimate of drug-likeness (QED) is 0.597. The van der Waals surface area contributed by atoms with Gasteiger partial charge in [0.2, 0.25) is 0 Å². The van der Waals surface area contributed by atoms with E-state index in [0.717, 1.165) is 0 Å². The molecule has 1 atom stereocenters. The van der Waals surface area contributed by atoms with Crippen LogP contribution >= 0.6 is 0 Å². The highest BCUT2D eigenvalue weighted by atomic mass is 32.2. The van der Waals surface area contributed by atoms with Gasteiger partial charge in [-0.2, -0.15) is 17.0 Å². The average molecular weight is 481 g/mol. The lowest BCUT2D eigenvalue weighted by molar-refractivity contribution is 0.0637. The molecule has 2 aromatic rings. The van der Waals surface area contributed by atoms with Crippen molar-refractivity contribution in [3.05, 3.63) is 54.1 Å². The molecule has 3 rings (SSSR count). The van der Waals surface area contributed by atoms with Crippen molar-refractivity contribution in [2.75, 3.05) is 58.1 Å². The maximum absolute atomic E-state index is 14.3. The monoisotopic (exact) mass is 480 g/mol. The minimum absolute atomic E-state index is 0.244. The van der Waals surface area contributed by atoms with Crippen molar-refractivity contribution in [3.8, 4) is 0 Å². The summed E-state index contributed by atoms with van der Waals surface area (Å²) in [6, 6.07) is 6.84. The van der Waals surface area contributed by atoms with E-state index in [1.165, 1.54) is 48.1 Å². The van der Waals surface area contributed by atoms with Crippen molar-refractivity contribution in [1.82, 2.24) is 18.5 Å². The van der Waals surface area contributed by atoms with Gasteiger partial charge in [0.25, 0.3) is 10.2 Å². The number of pyridine rings is 1. The number of methoxy groups -OCH3 is 1. The van der Waals surface area contributed by atoms with E-state index in [4.69, 9.17) is 4.74 Å². The van der Waals surface area contributed by atoms with Crippen LogP contribution in [0.5, 0.6) is 0 Å². The van der Waals surface area contributed by atoms with E-state index in [2.05, 4.69) is 15.6 Å². The van der Waals surface area contributed by atoms with Crippen LogP contribution in [0.15, 0.2) is 42.7 Å². The number of hydrogen-bond donors (Lipinski definition) is 2. The molecule has 0 spiro atoms. The lowest BCUT2D eigenvalue weighted by Crippen LogP contribution is -2.58. The van der Waals surface area contributed by atoms with Gasteiger partial charge in [-0.15, -0.1) is 0 Å². The van der Waals surface area contributed by atoms with Crippen LogP contribution in [0.1, 0.15) is 5.56 Å². The third-order valence-electron chi connectivity index (χ3n) is 5.17. The molecule has 180 valence electrons. The van der Waals surface area contributed by atoms with E-state index < -0.39 is 22.1 Å². The molecule has 1 aromatic carbocycles.